The maximum absolute atomic E-state index is 12.5. The minimum absolute atomic E-state index is 0.0863. The third-order valence-electron chi connectivity index (χ3n) is 6.27. The van der Waals surface area contributed by atoms with Gasteiger partial charge in [0, 0.05) is 16.9 Å². The largest absolute Gasteiger partial charge is 0.480 e. The van der Waals surface area contributed by atoms with Crippen LogP contribution in [0.4, 0.5) is 4.79 Å². The zero-order chi connectivity index (χ0) is 26.4. The molecule has 37 heavy (non-hydrogen) atoms. The van der Waals surface area contributed by atoms with Crippen LogP contribution < -0.4 is 10.0 Å². The van der Waals surface area contributed by atoms with Crippen LogP contribution in [0.25, 0.3) is 11.1 Å². The molecule has 194 valence electrons. The number of rotatable bonds is 11. The molecule has 0 saturated heterocycles. The molecular formula is C27H27BrN2O6S. The molecule has 1 atom stereocenters. The highest BCUT2D eigenvalue weighted by Gasteiger charge is 2.29. The average molecular weight is 587 g/mol. The predicted octanol–water partition coefficient (Wildman–Crippen LogP) is 4.89. The molecule has 1 amide bonds. The van der Waals surface area contributed by atoms with Crippen LogP contribution in [0, 0.1) is 0 Å². The smallest absolute Gasteiger partial charge is 0.407 e. The fourth-order valence-electron chi connectivity index (χ4n) is 4.46. The number of sulfonamides is 1. The lowest BCUT2D eigenvalue weighted by Gasteiger charge is -2.17. The molecule has 0 spiro atoms. The number of unbranched alkanes of at least 4 members (excludes halogenated alkanes) is 1. The van der Waals surface area contributed by atoms with E-state index < -0.39 is 28.1 Å². The Bertz CT molecular complexity index is 1350. The Morgan fingerprint density at radius 2 is 1.51 bits per heavy atom. The zero-order valence-corrected chi connectivity index (χ0v) is 22.3. The van der Waals surface area contributed by atoms with Crippen LogP contribution in [0.5, 0.6) is 0 Å². The number of carboxylic acids is 1. The van der Waals surface area contributed by atoms with Crippen LogP contribution in [-0.2, 0) is 19.6 Å². The Kier molecular flexibility index (Phi) is 8.63. The van der Waals surface area contributed by atoms with Crippen molar-refractivity contribution >= 4 is 38.0 Å². The van der Waals surface area contributed by atoms with Crippen molar-refractivity contribution in [3.05, 3.63) is 88.4 Å². The van der Waals surface area contributed by atoms with E-state index in [0.29, 0.717) is 17.3 Å². The minimum Gasteiger partial charge on any atom is -0.480 e. The highest BCUT2D eigenvalue weighted by Crippen LogP contribution is 2.44. The molecule has 3 N–H and O–H groups in total. The number of benzene rings is 3. The number of ether oxygens (including phenoxy) is 1. The third-order valence-corrected chi connectivity index (χ3v) is 8.74. The summed E-state index contributed by atoms with van der Waals surface area (Å²) in [7, 11) is -3.69. The van der Waals surface area contributed by atoms with Crippen LogP contribution in [0.15, 0.2) is 82.2 Å². The quantitative estimate of drug-likeness (QED) is 0.275. The SMILES string of the molecule is O=C(N[C@@H](CCCCNS(=O)(=O)c1ccccc1Br)C(=O)O)OCC1c2ccccc2-c2ccccc21. The van der Waals surface area contributed by atoms with Crippen molar-refractivity contribution in [3.8, 4) is 11.1 Å². The van der Waals surface area contributed by atoms with Gasteiger partial charge in [-0.2, -0.15) is 0 Å². The number of nitrogens with one attached hydrogen (secondary N) is 2. The Morgan fingerprint density at radius 1 is 0.919 bits per heavy atom. The van der Waals surface area contributed by atoms with Crippen molar-refractivity contribution in [2.45, 2.75) is 36.1 Å². The summed E-state index contributed by atoms with van der Waals surface area (Å²) in [4.78, 5) is 24.3. The van der Waals surface area contributed by atoms with Gasteiger partial charge < -0.3 is 15.2 Å². The van der Waals surface area contributed by atoms with Crippen LogP contribution in [0.3, 0.4) is 0 Å². The molecule has 3 aromatic carbocycles. The Balaban J connectivity index is 1.26. The third kappa shape index (κ3) is 6.38. The molecule has 0 bridgehead atoms. The summed E-state index contributed by atoms with van der Waals surface area (Å²) in [6.07, 6.45) is 0.124. The van der Waals surface area contributed by atoms with E-state index in [0.717, 1.165) is 22.3 Å². The molecule has 1 aliphatic rings. The molecular weight excluding hydrogens is 560 g/mol. The first-order chi connectivity index (χ1) is 17.8. The summed E-state index contributed by atoms with van der Waals surface area (Å²) < 4.78 is 33.3. The lowest BCUT2D eigenvalue weighted by atomic mass is 9.98. The normalized spacial score (nSPS) is 13.4. The van der Waals surface area contributed by atoms with Gasteiger partial charge in [0.15, 0.2) is 0 Å². The van der Waals surface area contributed by atoms with Gasteiger partial charge in [-0.25, -0.2) is 22.7 Å². The van der Waals surface area contributed by atoms with E-state index >= 15 is 0 Å². The number of carbonyl (C=O) groups is 2. The standard InChI is InChI=1S/C27H27BrN2O6S/c28-23-13-5-6-15-25(23)37(34,35)29-16-8-7-14-24(26(31)32)30-27(33)36-17-22-20-11-3-1-9-18(20)19-10-2-4-12-21(19)22/h1-6,9-13,15,22,24,29H,7-8,14,16-17H2,(H,30,33)(H,31,32)/t24-/m0/s1. The number of hydrogen-bond acceptors (Lipinski definition) is 5. The molecule has 10 heteroatoms. The van der Waals surface area contributed by atoms with Gasteiger partial charge in [-0.3, -0.25) is 0 Å². The van der Waals surface area contributed by atoms with E-state index in [1.54, 1.807) is 18.2 Å². The van der Waals surface area contributed by atoms with Crippen molar-refractivity contribution in [3.63, 3.8) is 0 Å². The van der Waals surface area contributed by atoms with E-state index in [2.05, 4.69) is 26.0 Å². The highest BCUT2D eigenvalue weighted by molar-refractivity contribution is 9.10. The van der Waals surface area contributed by atoms with Crippen LogP contribution >= 0.6 is 15.9 Å². The Labute approximate surface area is 224 Å². The molecule has 0 aromatic heterocycles. The number of carboxylic acid groups (broad SMARTS) is 1. The zero-order valence-electron chi connectivity index (χ0n) is 19.9. The Morgan fingerprint density at radius 3 is 2.14 bits per heavy atom. The van der Waals surface area contributed by atoms with Gasteiger partial charge in [0.05, 0.1) is 4.90 Å². The number of amides is 1. The summed E-state index contributed by atoms with van der Waals surface area (Å²) in [5, 5.41) is 12.0. The molecule has 3 aromatic rings. The first-order valence-electron chi connectivity index (χ1n) is 11.9. The average Bonchev–Trinajstić information content (AvgIpc) is 3.20. The number of hydrogen-bond donors (Lipinski definition) is 3. The predicted molar refractivity (Wildman–Crippen MR) is 143 cm³/mol. The Hall–Kier alpha value is -3.21. The van der Waals surface area contributed by atoms with Crippen LogP contribution in [0.1, 0.15) is 36.3 Å². The minimum atomic E-state index is -3.69. The first kappa shape index (κ1) is 26.8. The fourth-order valence-corrected chi connectivity index (χ4v) is 6.54. The summed E-state index contributed by atoms with van der Waals surface area (Å²) in [6.45, 7) is 0.226. The van der Waals surface area contributed by atoms with Crippen molar-refractivity contribution in [2.75, 3.05) is 13.2 Å². The fraction of sp³-hybridized carbons (Fsp3) is 0.259. The van der Waals surface area contributed by atoms with Gasteiger partial charge in [-0.1, -0.05) is 60.7 Å². The molecule has 0 fully saturated rings. The van der Waals surface area contributed by atoms with Crippen molar-refractivity contribution in [2.24, 2.45) is 0 Å². The summed E-state index contributed by atoms with van der Waals surface area (Å²) in [5.74, 6) is -1.30. The molecule has 0 saturated carbocycles. The maximum Gasteiger partial charge on any atom is 0.407 e. The second-order valence-corrected chi connectivity index (χ2v) is 11.3. The van der Waals surface area contributed by atoms with E-state index in [4.69, 9.17) is 4.74 Å². The van der Waals surface area contributed by atoms with Crippen molar-refractivity contribution < 1.29 is 27.9 Å². The van der Waals surface area contributed by atoms with Crippen LogP contribution in [-0.4, -0.2) is 44.8 Å². The number of carbonyl (C=O) groups excluding carboxylic acids is 1. The van der Waals surface area contributed by atoms with Crippen molar-refractivity contribution in [1.82, 2.24) is 10.0 Å². The van der Waals surface area contributed by atoms with Crippen LogP contribution in [0.2, 0.25) is 0 Å². The summed E-state index contributed by atoms with van der Waals surface area (Å²) >= 11 is 3.23. The maximum atomic E-state index is 12.5. The lowest BCUT2D eigenvalue weighted by molar-refractivity contribution is -0.139. The second kappa shape index (κ2) is 11.9. The van der Waals surface area contributed by atoms with Gasteiger partial charge in [-0.15, -0.1) is 0 Å². The summed E-state index contributed by atoms with van der Waals surface area (Å²) in [5.41, 5.74) is 4.34. The van der Waals surface area contributed by atoms with Crippen molar-refractivity contribution in [1.29, 1.82) is 0 Å². The topological polar surface area (TPSA) is 122 Å². The van der Waals surface area contributed by atoms with Gasteiger partial charge in [0.25, 0.3) is 0 Å². The highest BCUT2D eigenvalue weighted by atomic mass is 79.9. The molecule has 8 nitrogen and oxygen atoms in total. The molecule has 4 rings (SSSR count). The second-order valence-electron chi connectivity index (χ2n) is 8.68. The van der Waals surface area contributed by atoms with E-state index in [-0.39, 0.29) is 30.4 Å². The number of aliphatic carboxylic acids is 1. The number of alkyl carbamates (subject to hydrolysis) is 1. The molecule has 1 aliphatic carbocycles. The number of halogens is 1. The molecule has 0 aliphatic heterocycles. The lowest BCUT2D eigenvalue weighted by Crippen LogP contribution is -2.41. The van der Waals surface area contributed by atoms with E-state index in [1.807, 2.05) is 48.5 Å². The molecule has 0 radical (unpaired) electrons. The van der Waals surface area contributed by atoms with E-state index in [9.17, 15) is 23.1 Å². The van der Waals surface area contributed by atoms with Gasteiger partial charge in [0.1, 0.15) is 12.6 Å². The van der Waals surface area contributed by atoms with Gasteiger partial charge in [-0.05, 0) is 69.6 Å². The molecule has 0 unspecified atom stereocenters. The monoisotopic (exact) mass is 586 g/mol. The first-order valence-corrected chi connectivity index (χ1v) is 14.1. The van der Waals surface area contributed by atoms with E-state index in [1.165, 1.54) is 6.07 Å². The van der Waals surface area contributed by atoms with Gasteiger partial charge >= 0.3 is 12.1 Å². The summed E-state index contributed by atoms with van der Waals surface area (Å²) in [6, 6.07) is 21.2. The number of fused-ring (bicyclic) bond motifs is 3. The van der Waals surface area contributed by atoms with Gasteiger partial charge in [0.2, 0.25) is 10.0 Å². The molecule has 0 heterocycles.